The number of rotatable bonds is 8. The molecule has 3 rings (SSSR count). The summed E-state index contributed by atoms with van der Waals surface area (Å²) in [6, 6.07) is 12.8. The zero-order valence-electron chi connectivity index (χ0n) is 15.8. The fourth-order valence-electron chi connectivity index (χ4n) is 2.65. The molecule has 8 heteroatoms. The summed E-state index contributed by atoms with van der Waals surface area (Å²) in [4.78, 5) is 12.7. The summed E-state index contributed by atoms with van der Waals surface area (Å²) in [6.45, 7) is 0. The summed E-state index contributed by atoms with van der Waals surface area (Å²) in [5, 5.41) is 9.84. The lowest BCUT2D eigenvalue weighted by molar-refractivity contribution is 0.101. The van der Waals surface area contributed by atoms with Gasteiger partial charge in [0.1, 0.15) is 17.3 Å². The van der Waals surface area contributed by atoms with E-state index < -0.39 is 0 Å². The molecule has 6 nitrogen and oxygen atoms in total. The topological polar surface area (TPSA) is 66.2 Å². The maximum absolute atomic E-state index is 12.7. The molecular formula is C20H20ClN3O3S. The number of Topliss-reactive ketones (excluding diaryl/α,β-unsaturated/α-hetero) is 1. The number of hydrogen-bond donors (Lipinski definition) is 0. The van der Waals surface area contributed by atoms with E-state index in [1.165, 1.54) is 18.9 Å². The first-order chi connectivity index (χ1) is 13.5. The van der Waals surface area contributed by atoms with Gasteiger partial charge in [-0.25, -0.2) is 0 Å². The number of hydrogen-bond acceptors (Lipinski definition) is 6. The van der Waals surface area contributed by atoms with E-state index >= 15 is 0 Å². The van der Waals surface area contributed by atoms with Crippen molar-refractivity contribution in [3.05, 3.63) is 64.4 Å². The molecular weight excluding hydrogens is 398 g/mol. The molecule has 0 amide bonds. The molecule has 1 heterocycles. The Morgan fingerprint density at radius 2 is 1.86 bits per heavy atom. The van der Waals surface area contributed by atoms with E-state index in [1.54, 1.807) is 25.3 Å². The quantitative estimate of drug-likeness (QED) is 0.407. The first kappa shape index (κ1) is 20.2. The minimum Gasteiger partial charge on any atom is -0.497 e. The predicted molar refractivity (Wildman–Crippen MR) is 110 cm³/mol. The lowest BCUT2D eigenvalue weighted by atomic mass is 10.1. The standard InChI is InChI=1S/C20H20ClN3O3S/c1-24-19(10-13-4-6-14(21)7-5-13)22-23-20(24)28-12-17(25)16-11-15(26-2)8-9-18(16)27-3/h4-9,11H,10,12H2,1-3H3. The van der Waals surface area contributed by atoms with Gasteiger partial charge in [0.05, 0.1) is 25.5 Å². The number of aromatic nitrogens is 3. The molecule has 0 saturated carbocycles. The molecule has 0 aliphatic carbocycles. The zero-order chi connectivity index (χ0) is 20.1. The highest BCUT2D eigenvalue weighted by Gasteiger charge is 2.17. The Balaban J connectivity index is 1.69. The van der Waals surface area contributed by atoms with Crippen molar-refractivity contribution in [2.45, 2.75) is 11.6 Å². The van der Waals surface area contributed by atoms with Crippen LogP contribution >= 0.6 is 23.4 Å². The van der Waals surface area contributed by atoms with Crippen molar-refractivity contribution in [3.8, 4) is 11.5 Å². The summed E-state index contributed by atoms with van der Waals surface area (Å²) in [5.41, 5.74) is 1.58. The van der Waals surface area contributed by atoms with E-state index in [2.05, 4.69) is 10.2 Å². The number of carbonyl (C=O) groups is 1. The van der Waals surface area contributed by atoms with E-state index in [0.29, 0.717) is 33.7 Å². The molecule has 2 aromatic carbocycles. The van der Waals surface area contributed by atoms with Crippen LogP contribution in [0.4, 0.5) is 0 Å². The SMILES string of the molecule is COc1ccc(OC)c(C(=O)CSc2nnc(Cc3ccc(Cl)cc3)n2C)c1. The number of ketones is 1. The van der Waals surface area contributed by atoms with Crippen molar-refractivity contribution in [2.75, 3.05) is 20.0 Å². The van der Waals surface area contributed by atoms with Crippen LogP contribution in [0.3, 0.4) is 0 Å². The van der Waals surface area contributed by atoms with Gasteiger partial charge in [0.15, 0.2) is 10.9 Å². The summed E-state index contributed by atoms with van der Waals surface area (Å²) in [6.07, 6.45) is 0.638. The van der Waals surface area contributed by atoms with Crippen molar-refractivity contribution < 1.29 is 14.3 Å². The smallest absolute Gasteiger partial charge is 0.191 e. The van der Waals surface area contributed by atoms with Crippen LogP contribution < -0.4 is 9.47 Å². The molecule has 3 aromatic rings. The molecule has 0 saturated heterocycles. The van der Waals surface area contributed by atoms with E-state index in [1.807, 2.05) is 35.9 Å². The number of methoxy groups -OCH3 is 2. The fourth-order valence-corrected chi connectivity index (χ4v) is 3.59. The lowest BCUT2D eigenvalue weighted by Crippen LogP contribution is -2.07. The Hall–Kier alpha value is -2.51. The van der Waals surface area contributed by atoms with E-state index in [-0.39, 0.29) is 11.5 Å². The first-order valence-corrected chi connectivity index (χ1v) is 9.89. The normalized spacial score (nSPS) is 10.7. The fraction of sp³-hybridized carbons (Fsp3) is 0.250. The second-order valence-electron chi connectivity index (χ2n) is 6.04. The number of halogens is 1. The van der Waals surface area contributed by atoms with Gasteiger partial charge in [-0.15, -0.1) is 10.2 Å². The molecule has 0 fully saturated rings. The Morgan fingerprint density at radius 3 is 2.54 bits per heavy atom. The molecule has 0 bridgehead atoms. The molecule has 146 valence electrons. The molecule has 0 radical (unpaired) electrons. The van der Waals surface area contributed by atoms with Gasteiger partial charge < -0.3 is 14.0 Å². The van der Waals surface area contributed by atoms with Gasteiger partial charge >= 0.3 is 0 Å². The second-order valence-corrected chi connectivity index (χ2v) is 7.42. The minimum atomic E-state index is -0.0667. The van der Waals surface area contributed by atoms with Crippen molar-refractivity contribution in [1.29, 1.82) is 0 Å². The molecule has 0 N–H and O–H groups in total. The summed E-state index contributed by atoms with van der Waals surface area (Å²) >= 11 is 7.27. The third-order valence-corrected chi connectivity index (χ3v) is 5.51. The second kappa shape index (κ2) is 9.12. The van der Waals surface area contributed by atoms with Crippen LogP contribution in [-0.4, -0.2) is 40.5 Å². The molecule has 0 spiro atoms. The van der Waals surface area contributed by atoms with Crippen molar-refractivity contribution in [1.82, 2.24) is 14.8 Å². The summed E-state index contributed by atoms with van der Waals surface area (Å²) in [7, 11) is 4.99. The van der Waals surface area contributed by atoms with Crippen molar-refractivity contribution >= 4 is 29.1 Å². The molecule has 0 atom stereocenters. The van der Waals surface area contributed by atoms with Gasteiger partial charge in [-0.2, -0.15) is 0 Å². The van der Waals surface area contributed by atoms with Crippen LogP contribution in [0.2, 0.25) is 5.02 Å². The maximum atomic E-state index is 12.7. The zero-order valence-corrected chi connectivity index (χ0v) is 17.4. The van der Waals surface area contributed by atoms with Crippen LogP contribution in [0.25, 0.3) is 0 Å². The van der Waals surface area contributed by atoms with Gasteiger partial charge in [0, 0.05) is 18.5 Å². The summed E-state index contributed by atoms with van der Waals surface area (Å²) in [5.74, 6) is 2.10. The van der Waals surface area contributed by atoms with Crippen LogP contribution in [0.1, 0.15) is 21.7 Å². The Morgan fingerprint density at radius 1 is 1.11 bits per heavy atom. The third kappa shape index (κ3) is 4.66. The van der Waals surface area contributed by atoms with Crippen LogP contribution in [0.5, 0.6) is 11.5 Å². The third-order valence-electron chi connectivity index (χ3n) is 4.24. The van der Waals surface area contributed by atoms with Gasteiger partial charge in [-0.05, 0) is 35.9 Å². The highest BCUT2D eigenvalue weighted by atomic mass is 35.5. The summed E-state index contributed by atoms with van der Waals surface area (Å²) < 4.78 is 12.4. The largest absolute Gasteiger partial charge is 0.497 e. The average Bonchev–Trinajstić information content (AvgIpc) is 3.06. The molecule has 0 aliphatic rings. The van der Waals surface area contributed by atoms with Gasteiger partial charge in [-0.3, -0.25) is 4.79 Å². The highest BCUT2D eigenvalue weighted by Crippen LogP contribution is 2.27. The van der Waals surface area contributed by atoms with Crippen LogP contribution in [0.15, 0.2) is 47.6 Å². The van der Waals surface area contributed by atoms with Crippen LogP contribution in [0, 0.1) is 0 Å². The number of carbonyl (C=O) groups excluding carboxylic acids is 1. The minimum absolute atomic E-state index is 0.0667. The molecule has 0 aliphatic heterocycles. The van der Waals surface area contributed by atoms with Crippen LogP contribution in [-0.2, 0) is 13.5 Å². The van der Waals surface area contributed by atoms with E-state index in [4.69, 9.17) is 21.1 Å². The van der Waals surface area contributed by atoms with Crippen molar-refractivity contribution in [3.63, 3.8) is 0 Å². The van der Waals surface area contributed by atoms with E-state index in [9.17, 15) is 4.79 Å². The Kier molecular flexibility index (Phi) is 6.59. The maximum Gasteiger partial charge on any atom is 0.191 e. The molecule has 28 heavy (non-hydrogen) atoms. The number of benzene rings is 2. The van der Waals surface area contributed by atoms with Crippen molar-refractivity contribution in [2.24, 2.45) is 7.05 Å². The predicted octanol–water partition coefficient (Wildman–Crippen LogP) is 4.05. The van der Waals surface area contributed by atoms with Gasteiger partial charge in [0.25, 0.3) is 0 Å². The molecule has 0 unspecified atom stereocenters. The average molecular weight is 418 g/mol. The Bertz CT molecular complexity index is 973. The number of nitrogens with zero attached hydrogens (tertiary/aromatic N) is 3. The monoisotopic (exact) mass is 417 g/mol. The van der Waals surface area contributed by atoms with E-state index in [0.717, 1.165) is 11.4 Å². The lowest BCUT2D eigenvalue weighted by Gasteiger charge is -2.09. The Labute approximate surface area is 172 Å². The number of thioether (sulfide) groups is 1. The highest BCUT2D eigenvalue weighted by molar-refractivity contribution is 7.99. The van der Waals surface area contributed by atoms with Gasteiger partial charge in [0.2, 0.25) is 0 Å². The number of ether oxygens (including phenoxy) is 2. The molecule has 1 aromatic heterocycles. The van der Waals surface area contributed by atoms with Gasteiger partial charge in [-0.1, -0.05) is 35.5 Å². The first-order valence-electron chi connectivity index (χ1n) is 8.52.